The molecular formula is C12H5N3O2. The van der Waals surface area contributed by atoms with E-state index < -0.39 is 5.56 Å². The maximum absolute atomic E-state index is 12.0. The molecule has 1 aromatic carbocycles. The van der Waals surface area contributed by atoms with Crippen LogP contribution in [0.25, 0.3) is 16.1 Å². The Morgan fingerprint density at radius 1 is 1.18 bits per heavy atom. The van der Waals surface area contributed by atoms with Crippen molar-refractivity contribution in [1.82, 2.24) is 9.97 Å². The number of hydrogen-bond donors (Lipinski definition) is 1. The fraction of sp³-hybridized carbons (Fsp3) is 0. The molecule has 0 atom stereocenters. The van der Waals surface area contributed by atoms with Crippen molar-refractivity contribution in [3.63, 3.8) is 0 Å². The second-order valence-electron chi connectivity index (χ2n) is 3.60. The third kappa shape index (κ3) is 1.15. The first-order valence-electron chi connectivity index (χ1n) is 4.88. The maximum Gasteiger partial charge on any atom is 0.335 e. The summed E-state index contributed by atoms with van der Waals surface area (Å²) in [6, 6.07) is 6.95. The second-order valence-corrected chi connectivity index (χ2v) is 3.60. The predicted molar refractivity (Wildman–Crippen MR) is 60.0 cm³/mol. The van der Waals surface area contributed by atoms with E-state index in [9.17, 15) is 9.59 Å². The molecule has 1 aromatic heterocycles. The van der Waals surface area contributed by atoms with Crippen molar-refractivity contribution in [2.24, 2.45) is 0 Å². The molecule has 0 saturated heterocycles. The standard InChI is InChI=1S/C12H5N3O2/c1-13-11-12(17)15-8-6-4-2-3-5-7(6)10(16)9(8)14-11/h2-5H,(H,15,17). The van der Waals surface area contributed by atoms with Gasteiger partial charge in [-0.1, -0.05) is 30.8 Å². The number of aromatic amines is 1. The van der Waals surface area contributed by atoms with Crippen LogP contribution in [0.4, 0.5) is 5.82 Å². The fourth-order valence-corrected chi connectivity index (χ4v) is 1.90. The predicted octanol–water partition coefficient (Wildman–Crippen LogP) is 1.53. The van der Waals surface area contributed by atoms with Gasteiger partial charge >= 0.3 is 5.82 Å². The number of carbonyl (C=O) groups excluding carboxylic acids is 1. The van der Waals surface area contributed by atoms with Crippen LogP contribution in [0.5, 0.6) is 0 Å². The van der Waals surface area contributed by atoms with E-state index in [1.165, 1.54) is 0 Å². The first kappa shape index (κ1) is 9.48. The van der Waals surface area contributed by atoms with Gasteiger partial charge in [0.05, 0.1) is 0 Å². The van der Waals surface area contributed by atoms with Crippen LogP contribution in [0, 0.1) is 6.57 Å². The van der Waals surface area contributed by atoms with E-state index in [2.05, 4.69) is 14.8 Å². The number of ketones is 1. The molecule has 0 radical (unpaired) electrons. The lowest BCUT2D eigenvalue weighted by Gasteiger charge is -1.96. The van der Waals surface area contributed by atoms with Gasteiger partial charge in [-0.2, -0.15) is 0 Å². The number of fused-ring (bicyclic) bond motifs is 3. The first-order valence-corrected chi connectivity index (χ1v) is 4.88. The number of aromatic nitrogens is 2. The van der Waals surface area contributed by atoms with E-state index in [0.717, 1.165) is 0 Å². The van der Waals surface area contributed by atoms with Gasteiger partial charge < -0.3 is 9.83 Å². The van der Waals surface area contributed by atoms with Crippen molar-refractivity contribution in [3.05, 3.63) is 57.3 Å². The summed E-state index contributed by atoms with van der Waals surface area (Å²) < 4.78 is 0. The Hall–Kier alpha value is -2.74. The summed E-state index contributed by atoms with van der Waals surface area (Å²) in [6.07, 6.45) is 0. The van der Waals surface area contributed by atoms with E-state index in [1.54, 1.807) is 24.3 Å². The van der Waals surface area contributed by atoms with Gasteiger partial charge in [-0.15, -0.1) is 4.98 Å². The van der Waals surface area contributed by atoms with Gasteiger partial charge in [0.15, 0.2) is 0 Å². The lowest BCUT2D eigenvalue weighted by molar-refractivity contribution is 0.103. The summed E-state index contributed by atoms with van der Waals surface area (Å²) in [6.45, 7) is 6.81. The largest absolute Gasteiger partial charge is 0.356 e. The van der Waals surface area contributed by atoms with Crippen LogP contribution in [0.2, 0.25) is 0 Å². The molecule has 0 saturated carbocycles. The van der Waals surface area contributed by atoms with Gasteiger partial charge in [0.25, 0.3) is 5.56 Å². The fourth-order valence-electron chi connectivity index (χ4n) is 1.90. The van der Waals surface area contributed by atoms with Gasteiger partial charge in [-0.05, 0) is 0 Å². The number of nitrogens with one attached hydrogen (secondary N) is 1. The van der Waals surface area contributed by atoms with Gasteiger partial charge in [0.2, 0.25) is 11.5 Å². The van der Waals surface area contributed by atoms with Gasteiger partial charge in [0, 0.05) is 11.1 Å². The molecule has 0 fully saturated rings. The average molecular weight is 223 g/mol. The molecule has 80 valence electrons. The SMILES string of the molecule is [C-]#[N+]c1nc2c([nH]c1=O)-c1ccccc1C2=O. The Kier molecular flexibility index (Phi) is 1.74. The highest BCUT2D eigenvalue weighted by molar-refractivity contribution is 6.19. The van der Waals surface area contributed by atoms with Crippen LogP contribution >= 0.6 is 0 Å². The van der Waals surface area contributed by atoms with E-state index in [4.69, 9.17) is 6.57 Å². The van der Waals surface area contributed by atoms with Crippen LogP contribution < -0.4 is 5.56 Å². The topological polar surface area (TPSA) is 67.2 Å². The normalized spacial score (nSPS) is 11.8. The van der Waals surface area contributed by atoms with Crippen molar-refractivity contribution in [2.45, 2.75) is 0 Å². The Labute approximate surface area is 95.6 Å². The molecule has 0 bridgehead atoms. The molecule has 1 aliphatic carbocycles. The zero-order valence-electron chi connectivity index (χ0n) is 8.52. The second kappa shape index (κ2) is 3.12. The summed E-state index contributed by atoms with van der Waals surface area (Å²) in [5, 5.41) is 0. The monoisotopic (exact) mass is 223 g/mol. The van der Waals surface area contributed by atoms with Crippen molar-refractivity contribution in [1.29, 1.82) is 0 Å². The molecule has 0 aliphatic heterocycles. The Bertz CT molecular complexity index is 753. The number of carbonyl (C=O) groups is 1. The molecule has 5 nitrogen and oxygen atoms in total. The highest BCUT2D eigenvalue weighted by Crippen LogP contribution is 2.33. The zero-order valence-corrected chi connectivity index (χ0v) is 8.52. The lowest BCUT2D eigenvalue weighted by atomic mass is 10.1. The quantitative estimate of drug-likeness (QED) is 0.587. The van der Waals surface area contributed by atoms with Gasteiger partial charge in [-0.3, -0.25) is 9.59 Å². The highest BCUT2D eigenvalue weighted by atomic mass is 16.1. The van der Waals surface area contributed by atoms with Crippen molar-refractivity contribution < 1.29 is 4.79 Å². The number of nitrogens with zero attached hydrogens (tertiary/aromatic N) is 2. The third-order valence-electron chi connectivity index (χ3n) is 2.66. The minimum absolute atomic E-state index is 0.150. The van der Waals surface area contributed by atoms with Crippen LogP contribution in [0.3, 0.4) is 0 Å². The molecule has 17 heavy (non-hydrogen) atoms. The first-order chi connectivity index (χ1) is 8.22. The van der Waals surface area contributed by atoms with Crippen LogP contribution in [0.1, 0.15) is 16.1 Å². The number of H-pyrrole nitrogens is 1. The number of hydrogen-bond acceptors (Lipinski definition) is 3. The number of benzene rings is 1. The van der Waals surface area contributed by atoms with Crippen molar-refractivity contribution in [2.75, 3.05) is 0 Å². The molecular weight excluding hydrogens is 218 g/mol. The van der Waals surface area contributed by atoms with Gasteiger partial charge in [0.1, 0.15) is 5.69 Å². The van der Waals surface area contributed by atoms with E-state index in [1.807, 2.05) is 0 Å². The van der Waals surface area contributed by atoms with Crippen molar-refractivity contribution in [3.8, 4) is 11.3 Å². The highest BCUT2D eigenvalue weighted by Gasteiger charge is 2.32. The molecule has 1 heterocycles. The molecule has 1 aliphatic rings. The lowest BCUT2D eigenvalue weighted by Crippen LogP contribution is -2.10. The molecule has 2 aromatic rings. The average Bonchev–Trinajstić information content (AvgIpc) is 2.63. The van der Waals surface area contributed by atoms with E-state index in [-0.39, 0.29) is 17.3 Å². The summed E-state index contributed by atoms with van der Waals surface area (Å²) >= 11 is 0. The molecule has 0 amide bonds. The van der Waals surface area contributed by atoms with E-state index >= 15 is 0 Å². The smallest absolute Gasteiger partial charge is 0.335 e. The van der Waals surface area contributed by atoms with Gasteiger partial charge in [-0.25, -0.2) is 0 Å². The Morgan fingerprint density at radius 2 is 1.88 bits per heavy atom. The summed E-state index contributed by atoms with van der Waals surface area (Å²) in [5.41, 5.74) is 1.16. The minimum Gasteiger partial charge on any atom is -0.356 e. The van der Waals surface area contributed by atoms with Crippen molar-refractivity contribution >= 4 is 11.6 Å². The summed E-state index contributed by atoms with van der Waals surface area (Å²) in [4.78, 5) is 32.8. The van der Waals surface area contributed by atoms with Crippen LogP contribution in [-0.2, 0) is 0 Å². The van der Waals surface area contributed by atoms with E-state index in [0.29, 0.717) is 16.8 Å². The Morgan fingerprint density at radius 3 is 2.59 bits per heavy atom. The Balaban J connectivity index is 2.41. The molecule has 0 unspecified atom stereocenters. The molecule has 5 heteroatoms. The molecule has 1 N–H and O–H groups in total. The summed E-state index contributed by atoms with van der Waals surface area (Å²) in [5.74, 6) is -0.554. The van der Waals surface area contributed by atoms with Crippen LogP contribution in [-0.4, -0.2) is 15.8 Å². The van der Waals surface area contributed by atoms with Crippen LogP contribution in [0.15, 0.2) is 29.1 Å². The number of rotatable bonds is 0. The maximum atomic E-state index is 12.0. The minimum atomic E-state index is -0.566. The molecule has 0 spiro atoms. The summed E-state index contributed by atoms with van der Waals surface area (Å²) in [7, 11) is 0. The molecule has 3 rings (SSSR count). The zero-order chi connectivity index (χ0) is 12.0. The third-order valence-corrected chi connectivity index (χ3v) is 2.66.